The molecule has 85 heavy (non-hydrogen) atoms. The van der Waals surface area contributed by atoms with Crippen molar-refractivity contribution < 1.29 is 80.2 Å². The molecule has 0 bridgehead atoms. The van der Waals surface area contributed by atoms with E-state index in [1.165, 1.54) is 141 Å². The average Bonchev–Trinajstić information content (AvgIpc) is 3.62. The van der Waals surface area contributed by atoms with Gasteiger partial charge in [0.05, 0.1) is 26.4 Å². The quantitative estimate of drug-likeness (QED) is 0.0222. The Labute approximate surface area is 517 Å². The molecule has 0 aliphatic heterocycles. The molecule has 17 nitrogen and oxygen atoms in total. The molecule has 504 valence electrons. The molecular weight excluding hydrogens is 1130 g/mol. The molecule has 0 spiro atoms. The minimum atomic E-state index is -4.95. The predicted molar refractivity (Wildman–Crippen MR) is 340 cm³/mol. The molecule has 0 amide bonds. The van der Waals surface area contributed by atoms with E-state index in [-0.39, 0.29) is 25.7 Å². The monoisotopic (exact) mass is 1250 g/mol. The Kier molecular flexibility index (Phi) is 57.1. The molecule has 0 aromatic rings. The lowest BCUT2D eigenvalue weighted by Gasteiger charge is -2.21. The van der Waals surface area contributed by atoms with Crippen LogP contribution in [-0.2, 0) is 65.4 Å². The number of unbranched alkanes of at least 4 members (excludes halogenated alkanes) is 35. The Morgan fingerprint density at radius 1 is 0.318 bits per heavy atom. The van der Waals surface area contributed by atoms with Crippen LogP contribution >= 0.6 is 15.6 Å². The van der Waals surface area contributed by atoms with Crippen molar-refractivity contribution in [3.8, 4) is 0 Å². The highest BCUT2D eigenvalue weighted by Crippen LogP contribution is 2.45. The van der Waals surface area contributed by atoms with E-state index in [1.807, 2.05) is 0 Å². The van der Waals surface area contributed by atoms with Crippen molar-refractivity contribution >= 4 is 39.5 Å². The van der Waals surface area contributed by atoms with Crippen LogP contribution in [0.4, 0.5) is 0 Å². The van der Waals surface area contributed by atoms with E-state index in [0.717, 1.165) is 108 Å². The van der Waals surface area contributed by atoms with Gasteiger partial charge in [-0.2, -0.15) is 0 Å². The van der Waals surface area contributed by atoms with Crippen LogP contribution in [0.2, 0.25) is 0 Å². The standard InChI is InChI=1S/C66H128O17P2/c1-7-9-11-13-14-15-21-25-32-38-44-50-65(70)82-61(54-76-63(68)48-42-34-12-10-8-2)56-80-84(72,73)78-52-60(67)53-79-85(74,75)81-57-62(55-77-64(69)49-43-37-31-28-27-30-36-41-47-59(5)6)83-66(71)51-45-39-33-26-23-20-18-16-17-19-22-24-29-35-40-46-58(3)4/h58-62,67H,7-57H2,1-6H3,(H,72,73)(H,74,75)/t60-,61+,62+/m0/s1. The number of carbonyl (C=O) groups is 4. The number of esters is 4. The Balaban J connectivity index is 5.14. The van der Waals surface area contributed by atoms with Crippen LogP contribution in [0, 0.1) is 11.8 Å². The van der Waals surface area contributed by atoms with E-state index in [0.29, 0.717) is 25.7 Å². The number of phosphoric acid groups is 2. The van der Waals surface area contributed by atoms with Gasteiger partial charge in [0.2, 0.25) is 0 Å². The number of carbonyl (C=O) groups excluding carboxylic acids is 4. The van der Waals surface area contributed by atoms with Crippen molar-refractivity contribution in [2.45, 2.75) is 349 Å². The summed E-state index contributed by atoms with van der Waals surface area (Å²) < 4.78 is 67.9. The molecule has 3 N–H and O–H groups in total. The molecule has 0 saturated heterocycles. The second kappa shape index (κ2) is 58.4. The van der Waals surface area contributed by atoms with Crippen molar-refractivity contribution in [3.63, 3.8) is 0 Å². The van der Waals surface area contributed by atoms with Crippen LogP contribution in [0.3, 0.4) is 0 Å². The normalized spacial score (nSPS) is 14.2. The Bertz CT molecular complexity index is 1670. The third-order valence-electron chi connectivity index (χ3n) is 15.2. The summed E-state index contributed by atoms with van der Waals surface area (Å²) >= 11 is 0. The summed E-state index contributed by atoms with van der Waals surface area (Å²) in [6.45, 7) is 9.42. The van der Waals surface area contributed by atoms with Gasteiger partial charge < -0.3 is 33.8 Å². The zero-order chi connectivity index (χ0) is 62.9. The molecule has 0 aliphatic carbocycles. The van der Waals surface area contributed by atoms with Crippen LogP contribution in [0.5, 0.6) is 0 Å². The molecule has 0 saturated carbocycles. The maximum absolute atomic E-state index is 13.0. The molecule has 0 rings (SSSR count). The molecule has 0 aromatic carbocycles. The number of aliphatic hydroxyl groups excluding tert-OH is 1. The number of ether oxygens (including phenoxy) is 4. The Morgan fingerprint density at radius 3 is 0.800 bits per heavy atom. The van der Waals surface area contributed by atoms with Gasteiger partial charge >= 0.3 is 39.5 Å². The minimum absolute atomic E-state index is 0.106. The van der Waals surface area contributed by atoms with Gasteiger partial charge in [-0.05, 0) is 37.5 Å². The fourth-order valence-corrected chi connectivity index (χ4v) is 11.5. The van der Waals surface area contributed by atoms with Gasteiger partial charge in [-0.3, -0.25) is 37.3 Å². The van der Waals surface area contributed by atoms with Crippen LogP contribution in [0.15, 0.2) is 0 Å². The van der Waals surface area contributed by atoms with Gasteiger partial charge in [0.15, 0.2) is 12.2 Å². The molecule has 0 heterocycles. The van der Waals surface area contributed by atoms with Gasteiger partial charge in [-0.1, -0.05) is 279 Å². The lowest BCUT2D eigenvalue weighted by Crippen LogP contribution is -2.30. The molecule has 0 aromatic heterocycles. The van der Waals surface area contributed by atoms with Crippen molar-refractivity contribution in [2.24, 2.45) is 11.8 Å². The summed E-state index contributed by atoms with van der Waals surface area (Å²) in [6, 6.07) is 0. The summed E-state index contributed by atoms with van der Waals surface area (Å²) in [7, 11) is -9.88. The summed E-state index contributed by atoms with van der Waals surface area (Å²) in [5, 5.41) is 10.5. The van der Waals surface area contributed by atoms with Crippen LogP contribution in [0.1, 0.15) is 330 Å². The maximum atomic E-state index is 13.0. The summed E-state index contributed by atoms with van der Waals surface area (Å²) in [5.74, 6) is -0.612. The predicted octanol–water partition coefficient (Wildman–Crippen LogP) is 18.4. The van der Waals surface area contributed by atoms with Gasteiger partial charge in [-0.25, -0.2) is 9.13 Å². The second-order valence-electron chi connectivity index (χ2n) is 24.8. The third kappa shape index (κ3) is 60.7. The highest BCUT2D eigenvalue weighted by Gasteiger charge is 2.30. The lowest BCUT2D eigenvalue weighted by atomic mass is 10.0. The van der Waals surface area contributed by atoms with E-state index >= 15 is 0 Å². The first-order valence-electron chi connectivity index (χ1n) is 34.5. The van der Waals surface area contributed by atoms with Crippen LogP contribution in [-0.4, -0.2) is 96.7 Å². The van der Waals surface area contributed by atoms with E-state index < -0.39 is 97.5 Å². The molecule has 0 fully saturated rings. The summed E-state index contributed by atoms with van der Waals surface area (Å²) in [4.78, 5) is 72.0. The number of phosphoric ester groups is 2. The largest absolute Gasteiger partial charge is 0.472 e. The number of hydrogen-bond acceptors (Lipinski definition) is 15. The van der Waals surface area contributed by atoms with Crippen LogP contribution in [0.25, 0.3) is 0 Å². The minimum Gasteiger partial charge on any atom is -0.462 e. The first-order chi connectivity index (χ1) is 40.9. The zero-order valence-corrected chi connectivity index (χ0v) is 56.7. The smallest absolute Gasteiger partial charge is 0.462 e. The van der Waals surface area contributed by atoms with Crippen molar-refractivity contribution in [2.75, 3.05) is 39.6 Å². The van der Waals surface area contributed by atoms with E-state index in [2.05, 4.69) is 41.5 Å². The first kappa shape index (κ1) is 83.1. The molecule has 0 radical (unpaired) electrons. The van der Waals surface area contributed by atoms with Gasteiger partial charge in [0.25, 0.3) is 0 Å². The van der Waals surface area contributed by atoms with E-state index in [1.54, 1.807) is 0 Å². The van der Waals surface area contributed by atoms with E-state index in [4.69, 9.17) is 37.0 Å². The highest BCUT2D eigenvalue weighted by molar-refractivity contribution is 7.47. The third-order valence-corrected chi connectivity index (χ3v) is 17.1. The fraction of sp³-hybridized carbons (Fsp3) is 0.939. The Morgan fingerprint density at radius 2 is 0.541 bits per heavy atom. The van der Waals surface area contributed by atoms with Crippen molar-refractivity contribution in [3.05, 3.63) is 0 Å². The second-order valence-corrected chi connectivity index (χ2v) is 27.7. The topological polar surface area (TPSA) is 237 Å². The summed E-state index contributed by atoms with van der Waals surface area (Å²) in [6.07, 6.45) is 42.1. The number of rotatable bonds is 65. The van der Waals surface area contributed by atoms with Crippen LogP contribution < -0.4 is 0 Å². The number of hydrogen-bond donors (Lipinski definition) is 3. The molecule has 0 aliphatic rings. The summed E-state index contributed by atoms with van der Waals surface area (Å²) in [5.41, 5.74) is 0. The van der Waals surface area contributed by atoms with E-state index in [9.17, 15) is 43.2 Å². The highest BCUT2D eigenvalue weighted by atomic mass is 31.2. The molecular formula is C66H128O17P2. The van der Waals surface area contributed by atoms with Crippen molar-refractivity contribution in [1.29, 1.82) is 0 Å². The van der Waals surface area contributed by atoms with Gasteiger partial charge in [0.1, 0.15) is 19.3 Å². The lowest BCUT2D eigenvalue weighted by molar-refractivity contribution is -0.161. The van der Waals surface area contributed by atoms with Crippen molar-refractivity contribution in [1.82, 2.24) is 0 Å². The number of aliphatic hydroxyl groups is 1. The van der Waals surface area contributed by atoms with Gasteiger partial charge in [0, 0.05) is 25.7 Å². The molecule has 2 unspecified atom stereocenters. The zero-order valence-electron chi connectivity index (χ0n) is 54.9. The van der Waals surface area contributed by atoms with Gasteiger partial charge in [-0.15, -0.1) is 0 Å². The first-order valence-corrected chi connectivity index (χ1v) is 37.5. The average molecular weight is 1260 g/mol. The fourth-order valence-electron chi connectivity index (χ4n) is 9.88. The maximum Gasteiger partial charge on any atom is 0.472 e. The molecule has 19 heteroatoms. The molecule has 5 atom stereocenters. The Hall–Kier alpha value is -1.94. The SMILES string of the molecule is CCCCCCCCCCCCCC(=O)O[C@H](COC(=O)CCCCCCC)COP(=O)(O)OC[C@H](O)COP(=O)(O)OC[C@@H](COC(=O)CCCCCCCCCCC(C)C)OC(=O)CCCCCCCCCCCCCCCCCC(C)C.